The fourth-order valence-corrected chi connectivity index (χ4v) is 1.54. The van der Waals surface area contributed by atoms with Gasteiger partial charge in [-0.15, -0.1) is 0 Å². The first-order chi connectivity index (χ1) is 8.08. The average Bonchev–Trinajstić information content (AvgIpc) is 2.68. The minimum Gasteiger partial charge on any atom is -0.379 e. The van der Waals surface area contributed by atoms with Crippen LogP contribution in [0.2, 0.25) is 5.02 Å². The van der Waals surface area contributed by atoms with Crippen molar-refractivity contribution in [1.29, 1.82) is 0 Å². The van der Waals surface area contributed by atoms with Crippen molar-refractivity contribution >= 4 is 29.0 Å². The second kappa shape index (κ2) is 4.42. The zero-order valence-electron chi connectivity index (χ0n) is 8.90. The lowest BCUT2D eigenvalue weighted by Gasteiger charge is -2.05. The van der Waals surface area contributed by atoms with E-state index in [1.54, 1.807) is 12.1 Å². The molecule has 0 unspecified atom stereocenters. The molecule has 2 aromatic rings. The van der Waals surface area contributed by atoms with Gasteiger partial charge in [0, 0.05) is 0 Å². The summed E-state index contributed by atoms with van der Waals surface area (Å²) in [6, 6.07) is 5.26. The number of nitrogens with one attached hydrogen (secondary N) is 1. The van der Waals surface area contributed by atoms with Crippen LogP contribution in [0, 0.1) is 6.92 Å². The number of anilines is 2. The third-order valence-corrected chi connectivity index (χ3v) is 2.41. The Bertz CT molecular complexity index is 567. The van der Waals surface area contributed by atoms with Crippen molar-refractivity contribution in [2.45, 2.75) is 6.92 Å². The summed E-state index contributed by atoms with van der Waals surface area (Å²) >= 11 is 5.97. The van der Waals surface area contributed by atoms with E-state index in [1.165, 1.54) is 0 Å². The molecule has 0 bridgehead atoms. The Hall–Kier alpha value is -2.08. The van der Waals surface area contributed by atoms with Crippen molar-refractivity contribution in [3.05, 3.63) is 34.5 Å². The second-order valence-electron chi connectivity index (χ2n) is 3.44. The molecule has 0 spiro atoms. The summed E-state index contributed by atoms with van der Waals surface area (Å²) in [5.41, 5.74) is 6.80. The number of nitrogens with two attached hydrogens (primary N) is 1. The molecule has 0 saturated heterocycles. The molecule has 3 N–H and O–H groups in total. The highest BCUT2D eigenvalue weighted by Crippen LogP contribution is 2.23. The zero-order chi connectivity index (χ0) is 12.4. The summed E-state index contributed by atoms with van der Waals surface area (Å²) < 4.78 is 4.33. The molecule has 0 aliphatic carbocycles. The van der Waals surface area contributed by atoms with Crippen LogP contribution in [0.3, 0.4) is 0 Å². The Balaban J connectivity index is 2.22. The molecule has 0 aliphatic heterocycles. The van der Waals surface area contributed by atoms with E-state index in [4.69, 9.17) is 17.3 Å². The molecule has 0 atom stereocenters. The van der Waals surface area contributed by atoms with Gasteiger partial charge in [-0.3, -0.25) is 4.79 Å². The van der Waals surface area contributed by atoms with Crippen LogP contribution in [0.15, 0.2) is 22.8 Å². The van der Waals surface area contributed by atoms with Crippen molar-refractivity contribution in [2.24, 2.45) is 0 Å². The van der Waals surface area contributed by atoms with E-state index < -0.39 is 5.91 Å². The molecule has 0 aliphatic rings. The molecule has 1 aromatic heterocycles. The highest BCUT2D eigenvalue weighted by atomic mass is 35.5. The van der Waals surface area contributed by atoms with E-state index in [9.17, 15) is 4.79 Å². The van der Waals surface area contributed by atoms with Crippen molar-refractivity contribution in [1.82, 2.24) is 10.3 Å². The molecule has 17 heavy (non-hydrogen) atoms. The molecular formula is C10H9ClN4O2. The lowest BCUT2D eigenvalue weighted by molar-refractivity contribution is 0.101. The van der Waals surface area contributed by atoms with Crippen LogP contribution in [-0.2, 0) is 0 Å². The molecule has 7 heteroatoms. The molecule has 1 aromatic carbocycles. The van der Waals surface area contributed by atoms with Crippen LogP contribution in [-0.4, -0.2) is 16.2 Å². The normalized spacial score (nSPS) is 10.2. The monoisotopic (exact) mass is 252 g/mol. The number of hydrogen-bond donors (Lipinski definition) is 2. The Labute approximate surface area is 102 Å². The van der Waals surface area contributed by atoms with Crippen LogP contribution in [0.4, 0.5) is 11.5 Å². The third kappa shape index (κ3) is 2.36. The number of carbonyl (C=O) groups excluding carboxylic acids is 1. The molecule has 0 saturated carbocycles. The van der Waals surface area contributed by atoms with E-state index in [1.807, 2.05) is 13.0 Å². The van der Waals surface area contributed by atoms with Crippen LogP contribution < -0.4 is 11.1 Å². The summed E-state index contributed by atoms with van der Waals surface area (Å²) in [5, 5.41) is 9.71. The number of amides is 1. The lowest BCUT2D eigenvalue weighted by atomic mass is 10.2. The maximum absolute atomic E-state index is 11.7. The van der Waals surface area contributed by atoms with Gasteiger partial charge in [-0.1, -0.05) is 17.7 Å². The van der Waals surface area contributed by atoms with Crippen LogP contribution in [0.1, 0.15) is 16.1 Å². The number of aromatic nitrogens is 2. The standard InChI is InChI=1S/C10H9ClN4O2/c1-5-2-3-7(6(11)4-5)13-10(16)8-9(12)15-17-14-8/h2-4H,1H3,(H2,12,15)(H,13,16). The van der Waals surface area contributed by atoms with Gasteiger partial charge in [0.25, 0.3) is 5.91 Å². The number of nitrogen functional groups attached to an aromatic ring is 1. The van der Waals surface area contributed by atoms with Crippen molar-refractivity contribution in [3.8, 4) is 0 Å². The number of benzene rings is 1. The van der Waals surface area contributed by atoms with E-state index >= 15 is 0 Å². The van der Waals surface area contributed by atoms with Crippen molar-refractivity contribution in [3.63, 3.8) is 0 Å². The predicted octanol–water partition coefficient (Wildman–Crippen LogP) is 1.87. The average molecular weight is 253 g/mol. The number of carbonyl (C=O) groups is 1. The van der Waals surface area contributed by atoms with Gasteiger partial charge >= 0.3 is 0 Å². The molecule has 1 heterocycles. The second-order valence-corrected chi connectivity index (χ2v) is 3.84. The van der Waals surface area contributed by atoms with E-state index in [0.717, 1.165) is 5.56 Å². The van der Waals surface area contributed by atoms with Crippen LogP contribution in [0.25, 0.3) is 0 Å². The topological polar surface area (TPSA) is 94.0 Å². The maximum Gasteiger partial charge on any atom is 0.281 e. The first-order valence-corrected chi connectivity index (χ1v) is 5.11. The molecule has 0 fully saturated rings. The first kappa shape index (κ1) is 11.4. The fraction of sp³-hybridized carbons (Fsp3) is 0.100. The SMILES string of the molecule is Cc1ccc(NC(=O)c2nonc2N)c(Cl)c1. The molecule has 0 radical (unpaired) electrons. The number of nitrogens with zero attached hydrogens (tertiary/aromatic N) is 2. The van der Waals surface area contributed by atoms with Crippen LogP contribution in [0.5, 0.6) is 0 Å². The molecule has 1 amide bonds. The molecule has 2 rings (SSSR count). The maximum atomic E-state index is 11.7. The summed E-state index contributed by atoms with van der Waals surface area (Å²) in [6.45, 7) is 1.90. The third-order valence-electron chi connectivity index (χ3n) is 2.10. The Kier molecular flexibility index (Phi) is 2.97. The van der Waals surface area contributed by atoms with Crippen LogP contribution >= 0.6 is 11.6 Å². The minimum atomic E-state index is -0.519. The van der Waals surface area contributed by atoms with Gasteiger partial charge in [-0.25, -0.2) is 4.63 Å². The highest BCUT2D eigenvalue weighted by molar-refractivity contribution is 6.34. The van der Waals surface area contributed by atoms with Crippen molar-refractivity contribution in [2.75, 3.05) is 11.1 Å². The molecular weight excluding hydrogens is 244 g/mol. The van der Waals surface area contributed by atoms with Gasteiger partial charge in [0.15, 0.2) is 0 Å². The van der Waals surface area contributed by atoms with E-state index in [-0.39, 0.29) is 11.5 Å². The van der Waals surface area contributed by atoms with Gasteiger partial charge in [-0.2, -0.15) is 0 Å². The Morgan fingerprint density at radius 2 is 2.24 bits per heavy atom. The number of aryl methyl sites for hydroxylation is 1. The van der Waals surface area contributed by atoms with E-state index in [2.05, 4.69) is 20.3 Å². The summed E-state index contributed by atoms with van der Waals surface area (Å²) in [4.78, 5) is 11.7. The van der Waals surface area contributed by atoms with Gasteiger partial charge in [0.1, 0.15) is 0 Å². The fourth-order valence-electron chi connectivity index (χ4n) is 1.26. The largest absolute Gasteiger partial charge is 0.379 e. The van der Waals surface area contributed by atoms with Gasteiger partial charge in [-0.05, 0) is 34.9 Å². The molecule has 6 nitrogen and oxygen atoms in total. The summed E-state index contributed by atoms with van der Waals surface area (Å²) in [7, 11) is 0. The quantitative estimate of drug-likeness (QED) is 0.851. The highest BCUT2D eigenvalue weighted by Gasteiger charge is 2.16. The number of hydrogen-bond acceptors (Lipinski definition) is 5. The minimum absolute atomic E-state index is 0.0641. The summed E-state index contributed by atoms with van der Waals surface area (Å²) in [5.74, 6) is -0.583. The smallest absolute Gasteiger partial charge is 0.281 e. The van der Waals surface area contributed by atoms with E-state index in [0.29, 0.717) is 10.7 Å². The van der Waals surface area contributed by atoms with Gasteiger partial charge in [0.2, 0.25) is 11.5 Å². The first-order valence-electron chi connectivity index (χ1n) is 4.73. The van der Waals surface area contributed by atoms with Crippen molar-refractivity contribution < 1.29 is 9.42 Å². The zero-order valence-corrected chi connectivity index (χ0v) is 9.65. The number of halogens is 1. The van der Waals surface area contributed by atoms with Gasteiger partial charge in [0.05, 0.1) is 10.7 Å². The summed E-state index contributed by atoms with van der Waals surface area (Å²) in [6.07, 6.45) is 0. The Morgan fingerprint density at radius 1 is 1.47 bits per heavy atom. The Morgan fingerprint density at radius 3 is 2.82 bits per heavy atom. The molecule has 88 valence electrons. The lowest BCUT2D eigenvalue weighted by Crippen LogP contribution is -2.14. The predicted molar refractivity (Wildman–Crippen MR) is 62.9 cm³/mol. The number of rotatable bonds is 2. The van der Waals surface area contributed by atoms with Gasteiger partial charge < -0.3 is 11.1 Å².